The summed E-state index contributed by atoms with van der Waals surface area (Å²) in [7, 11) is 0. The van der Waals surface area contributed by atoms with Crippen molar-refractivity contribution in [2.45, 2.75) is 52.0 Å². The van der Waals surface area contributed by atoms with Gasteiger partial charge in [-0.25, -0.2) is 0 Å². The summed E-state index contributed by atoms with van der Waals surface area (Å²) >= 11 is 0. The van der Waals surface area contributed by atoms with Gasteiger partial charge in [0, 0.05) is 19.2 Å². The van der Waals surface area contributed by atoms with Crippen LogP contribution in [0.1, 0.15) is 46.0 Å². The molecule has 84 valence electrons. The summed E-state index contributed by atoms with van der Waals surface area (Å²) in [5, 5.41) is 8.68. The highest BCUT2D eigenvalue weighted by Crippen LogP contribution is 2.27. The molecule has 0 aromatic rings. The molecule has 0 spiro atoms. The summed E-state index contributed by atoms with van der Waals surface area (Å²) < 4.78 is 0. The molecule has 0 amide bonds. The molecule has 14 heavy (non-hydrogen) atoms. The maximum Gasteiger partial charge on any atom is 0.0431 e. The first kappa shape index (κ1) is 12.0. The van der Waals surface area contributed by atoms with Crippen LogP contribution in [0.2, 0.25) is 0 Å². The molecule has 1 saturated carbocycles. The van der Waals surface area contributed by atoms with Crippen molar-refractivity contribution in [2.24, 2.45) is 5.92 Å². The van der Waals surface area contributed by atoms with Crippen LogP contribution in [0.3, 0.4) is 0 Å². The van der Waals surface area contributed by atoms with Crippen LogP contribution >= 0.6 is 0 Å². The van der Waals surface area contributed by atoms with Crippen LogP contribution in [-0.4, -0.2) is 35.7 Å². The Morgan fingerprint density at radius 3 is 2.43 bits per heavy atom. The van der Waals surface area contributed by atoms with Gasteiger partial charge in [0.2, 0.25) is 0 Å². The molecule has 0 aromatic heterocycles. The molecule has 0 heterocycles. The van der Waals surface area contributed by atoms with E-state index in [1.165, 1.54) is 38.8 Å². The molecule has 0 atom stereocenters. The van der Waals surface area contributed by atoms with E-state index in [1.54, 1.807) is 0 Å². The largest absolute Gasteiger partial charge is 0.396 e. The Balaban J connectivity index is 2.09. The molecule has 1 aliphatic rings. The van der Waals surface area contributed by atoms with E-state index in [0.717, 1.165) is 18.4 Å². The van der Waals surface area contributed by atoms with E-state index >= 15 is 0 Å². The lowest BCUT2D eigenvalue weighted by molar-refractivity contribution is 0.223. The minimum Gasteiger partial charge on any atom is -0.396 e. The van der Waals surface area contributed by atoms with Gasteiger partial charge in [0.05, 0.1) is 0 Å². The van der Waals surface area contributed by atoms with Gasteiger partial charge in [-0.3, -0.25) is 0 Å². The Kier molecular flexibility index (Phi) is 5.49. The zero-order valence-corrected chi connectivity index (χ0v) is 9.71. The fraction of sp³-hybridized carbons (Fsp3) is 1.00. The highest BCUT2D eigenvalue weighted by molar-refractivity contribution is 4.84. The van der Waals surface area contributed by atoms with E-state index in [-0.39, 0.29) is 0 Å². The molecule has 0 unspecified atom stereocenters. The van der Waals surface area contributed by atoms with Gasteiger partial charge in [-0.2, -0.15) is 0 Å². The third-order valence-corrected chi connectivity index (χ3v) is 2.77. The second-order valence-electron chi connectivity index (χ2n) is 4.90. The van der Waals surface area contributed by atoms with Gasteiger partial charge in [-0.05, 0) is 44.6 Å². The number of hydrogen-bond acceptors (Lipinski definition) is 2. The van der Waals surface area contributed by atoms with Gasteiger partial charge in [0.25, 0.3) is 0 Å². The van der Waals surface area contributed by atoms with Gasteiger partial charge < -0.3 is 10.0 Å². The van der Waals surface area contributed by atoms with E-state index in [1.807, 2.05) is 0 Å². The van der Waals surface area contributed by atoms with Crippen molar-refractivity contribution in [3.05, 3.63) is 0 Å². The van der Waals surface area contributed by atoms with E-state index in [0.29, 0.717) is 6.61 Å². The molecule has 2 nitrogen and oxygen atoms in total. The highest BCUT2D eigenvalue weighted by atomic mass is 16.2. The Bertz CT molecular complexity index is 143. The predicted octanol–water partition coefficient (Wildman–Crippen LogP) is 2.27. The van der Waals surface area contributed by atoms with Gasteiger partial charge in [-0.1, -0.05) is 13.8 Å². The molecule has 1 aliphatic carbocycles. The lowest BCUT2D eigenvalue weighted by Crippen LogP contribution is -2.31. The number of nitrogens with zero attached hydrogens (tertiary/aromatic N) is 1. The SMILES string of the molecule is CC(C)CN(CCCCCO)C1CC1. The zero-order valence-electron chi connectivity index (χ0n) is 9.71. The maximum atomic E-state index is 8.68. The Morgan fingerprint density at radius 2 is 1.93 bits per heavy atom. The first-order chi connectivity index (χ1) is 6.74. The van der Waals surface area contributed by atoms with Crippen molar-refractivity contribution in [2.75, 3.05) is 19.7 Å². The first-order valence-electron chi connectivity index (χ1n) is 6.09. The smallest absolute Gasteiger partial charge is 0.0431 e. The lowest BCUT2D eigenvalue weighted by atomic mass is 10.2. The average molecular weight is 199 g/mol. The molecule has 1 N–H and O–H groups in total. The Hall–Kier alpha value is -0.0800. The topological polar surface area (TPSA) is 23.5 Å². The van der Waals surface area contributed by atoms with Crippen LogP contribution in [0, 0.1) is 5.92 Å². The molecule has 0 bridgehead atoms. The van der Waals surface area contributed by atoms with Crippen LogP contribution in [0.25, 0.3) is 0 Å². The van der Waals surface area contributed by atoms with E-state index < -0.39 is 0 Å². The van der Waals surface area contributed by atoms with Gasteiger partial charge in [0.15, 0.2) is 0 Å². The number of rotatable bonds is 8. The molecule has 0 radical (unpaired) electrons. The fourth-order valence-electron chi connectivity index (χ4n) is 1.94. The quantitative estimate of drug-likeness (QED) is 0.606. The summed E-state index contributed by atoms with van der Waals surface area (Å²) in [5.74, 6) is 0.786. The van der Waals surface area contributed by atoms with Crippen LogP contribution in [0.15, 0.2) is 0 Å². The second kappa shape index (κ2) is 6.41. The van der Waals surface area contributed by atoms with Gasteiger partial charge >= 0.3 is 0 Å². The number of aliphatic hydroxyl groups excluding tert-OH is 1. The van der Waals surface area contributed by atoms with E-state index in [2.05, 4.69) is 18.7 Å². The summed E-state index contributed by atoms with van der Waals surface area (Å²) in [5.41, 5.74) is 0. The summed E-state index contributed by atoms with van der Waals surface area (Å²) in [6, 6.07) is 0.895. The molecule has 0 saturated heterocycles. The first-order valence-corrected chi connectivity index (χ1v) is 6.09. The molecule has 0 aliphatic heterocycles. The van der Waals surface area contributed by atoms with Crippen LogP contribution in [0.5, 0.6) is 0 Å². The summed E-state index contributed by atoms with van der Waals surface area (Å²) in [6.45, 7) is 7.44. The molecular weight excluding hydrogens is 174 g/mol. The predicted molar refractivity (Wildman–Crippen MR) is 60.4 cm³/mol. The summed E-state index contributed by atoms with van der Waals surface area (Å²) in [6.07, 6.45) is 6.22. The number of aliphatic hydroxyl groups is 1. The third kappa shape index (κ3) is 4.97. The minimum absolute atomic E-state index is 0.355. The molecule has 1 rings (SSSR count). The Morgan fingerprint density at radius 1 is 1.21 bits per heavy atom. The van der Waals surface area contributed by atoms with Crippen molar-refractivity contribution < 1.29 is 5.11 Å². The number of hydrogen-bond donors (Lipinski definition) is 1. The van der Waals surface area contributed by atoms with Crippen molar-refractivity contribution in [1.29, 1.82) is 0 Å². The standard InChI is InChI=1S/C12H25NO/c1-11(2)10-13(12-6-7-12)8-4-3-5-9-14/h11-12,14H,3-10H2,1-2H3. The molecule has 1 fully saturated rings. The average Bonchev–Trinajstić information content (AvgIpc) is 2.92. The van der Waals surface area contributed by atoms with Crippen molar-refractivity contribution in [1.82, 2.24) is 4.90 Å². The number of unbranched alkanes of at least 4 members (excludes halogenated alkanes) is 2. The Labute approximate surface area is 88.3 Å². The lowest BCUT2D eigenvalue weighted by Gasteiger charge is -2.23. The highest BCUT2D eigenvalue weighted by Gasteiger charge is 2.28. The normalized spacial score (nSPS) is 16.9. The summed E-state index contributed by atoms with van der Waals surface area (Å²) in [4.78, 5) is 2.64. The minimum atomic E-state index is 0.355. The van der Waals surface area contributed by atoms with E-state index in [9.17, 15) is 0 Å². The second-order valence-corrected chi connectivity index (χ2v) is 4.90. The third-order valence-electron chi connectivity index (χ3n) is 2.77. The van der Waals surface area contributed by atoms with Crippen LogP contribution < -0.4 is 0 Å². The zero-order chi connectivity index (χ0) is 10.4. The van der Waals surface area contributed by atoms with Gasteiger partial charge in [-0.15, -0.1) is 0 Å². The maximum absolute atomic E-state index is 8.68. The fourth-order valence-corrected chi connectivity index (χ4v) is 1.94. The van der Waals surface area contributed by atoms with Crippen LogP contribution in [0.4, 0.5) is 0 Å². The van der Waals surface area contributed by atoms with E-state index in [4.69, 9.17) is 5.11 Å². The van der Waals surface area contributed by atoms with Crippen molar-refractivity contribution in [3.8, 4) is 0 Å². The molecule has 2 heteroatoms. The monoisotopic (exact) mass is 199 g/mol. The van der Waals surface area contributed by atoms with Gasteiger partial charge in [0.1, 0.15) is 0 Å². The molecule has 0 aromatic carbocycles. The van der Waals surface area contributed by atoms with Crippen LogP contribution in [-0.2, 0) is 0 Å². The molecular formula is C12H25NO. The van der Waals surface area contributed by atoms with Crippen molar-refractivity contribution in [3.63, 3.8) is 0 Å². The van der Waals surface area contributed by atoms with Crippen molar-refractivity contribution >= 4 is 0 Å².